The average molecular weight is 665 g/mol. The molecule has 2 saturated heterocycles. The van der Waals surface area contributed by atoms with Gasteiger partial charge in [0.05, 0.1) is 14.2 Å². The summed E-state index contributed by atoms with van der Waals surface area (Å²) in [6.07, 6.45) is 4.82. The Hall–Kier alpha value is -2.73. The van der Waals surface area contributed by atoms with Gasteiger partial charge in [0.15, 0.2) is 0 Å². The van der Waals surface area contributed by atoms with E-state index in [1.54, 1.807) is 13.2 Å². The average Bonchev–Trinajstić information content (AvgIpc) is 3.71. The Morgan fingerprint density at radius 2 is 1.30 bits per heavy atom. The van der Waals surface area contributed by atoms with Crippen LogP contribution in [0.1, 0.15) is 46.7 Å². The summed E-state index contributed by atoms with van der Waals surface area (Å²) in [7, 11) is 1.44. The fraction of sp³-hybridized carbons (Fsp3) is 0.571. The van der Waals surface area contributed by atoms with Gasteiger partial charge in [-0.1, -0.05) is 73.0 Å². The first-order valence-corrected chi connectivity index (χ1v) is 23.1. The zero-order valence-electron chi connectivity index (χ0n) is 25.8. The van der Waals surface area contributed by atoms with Crippen LogP contribution in [0.4, 0.5) is 0 Å². The van der Waals surface area contributed by atoms with Crippen molar-refractivity contribution in [3.8, 4) is 10.4 Å². The van der Waals surface area contributed by atoms with Crippen molar-refractivity contribution in [2.24, 2.45) is 5.73 Å². The number of nitrogens with zero attached hydrogens (tertiary/aromatic N) is 2. The molecule has 6 heterocycles. The van der Waals surface area contributed by atoms with E-state index in [0.29, 0.717) is 38.5 Å². The van der Waals surface area contributed by atoms with E-state index in [2.05, 4.69) is 51.4 Å². The summed E-state index contributed by atoms with van der Waals surface area (Å²) in [4.78, 5) is 38.6. The van der Waals surface area contributed by atoms with Gasteiger partial charge in [-0.2, -0.15) is 0 Å². The van der Waals surface area contributed by atoms with Crippen LogP contribution in [-0.2, 0) is 0 Å². The minimum Gasteiger partial charge on any atom is -0.477 e. The maximum absolute atomic E-state index is 12.3. The summed E-state index contributed by atoms with van der Waals surface area (Å²) in [6, 6.07) is 9.64. The zero-order chi connectivity index (χ0) is 31.4. The number of aromatic amines is 2. The number of hydrogen-bond acceptors (Lipinski definition) is 9. The lowest BCUT2D eigenvalue weighted by Crippen LogP contribution is -2.42. The molecule has 11 nitrogen and oxygen atoms in total. The Morgan fingerprint density at radius 3 is 1.72 bits per heavy atom. The highest BCUT2D eigenvalue weighted by Crippen LogP contribution is 2.30. The van der Waals surface area contributed by atoms with E-state index in [1.807, 2.05) is 0 Å². The molecule has 0 radical (unpaired) electrons. The van der Waals surface area contributed by atoms with Gasteiger partial charge in [0.1, 0.15) is 32.1 Å². The number of nitrogens with two attached hydrogens (primary N) is 1. The summed E-state index contributed by atoms with van der Waals surface area (Å²) < 4.78 is 9.99. The fourth-order valence-corrected chi connectivity index (χ4v) is 11.8. The van der Waals surface area contributed by atoms with E-state index in [1.165, 1.54) is 72.9 Å². The van der Waals surface area contributed by atoms with Crippen LogP contribution >= 0.6 is 22.7 Å². The second-order valence-corrected chi connectivity index (χ2v) is 25.5. The summed E-state index contributed by atoms with van der Waals surface area (Å²) in [5, 5.41) is 12.9. The standard InChI is InChI=1S/C14H21N3O2SSi.C7H6N2O3S.C7H17NSi/c1-19-14-17-11-8-10(16-13(11)20-14)12(18)15-9-4-6-21(2,3)7-5-9;1-12-7-9-3-2-4(6(10)11)8-5(3)13-7;1-9(2)5-3-7(8)4-6-9/h8-9,16H,4-7H2,1-3H3,(H,15,18);2,8H,1H3,(H,10,11);7H,3-6,8H2,1-2H3. The van der Waals surface area contributed by atoms with Gasteiger partial charge >= 0.3 is 5.97 Å². The molecule has 6 rings (SSSR count). The lowest BCUT2D eigenvalue weighted by Gasteiger charge is -2.33. The van der Waals surface area contributed by atoms with Gasteiger partial charge in [-0.05, 0) is 37.8 Å². The third-order valence-corrected chi connectivity index (χ3v) is 16.7. The van der Waals surface area contributed by atoms with Gasteiger partial charge in [-0.15, -0.1) is 0 Å². The van der Waals surface area contributed by atoms with E-state index in [9.17, 15) is 9.59 Å². The van der Waals surface area contributed by atoms with Crippen LogP contribution in [0.3, 0.4) is 0 Å². The molecule has 0 aromatic carbocycles. The Labute approximate surface area is 262 Å². The molecule has 0 spiro atoms. The number of aromatic nitrogens is 4. The fourth-order valence-electron chi connectivity index (χ4n) is 5.23. The SMILES string of the molecule is COc1nc2cc(C(=O)NC3CC[Si](C)(C)CC3)[nH]c2s1.COc1nc2cc(C(=O)O)[nH]c2s1.C[Si]1(C)CCC(N)CC1. The Balaban J connectivity index is 0.000000163. The molecule has 4 aromatic heterocycles. The summed E-state index contributed by atoms with van der Waals surface area (Å²) in [5.74, 6) is -1.00. The number of hydrogen-bond donors (Lipinski definition) is 5. The first kappa shape index (κ1) is 33.2. The number of nitrogens with one attached hydrogen (secondary N) is 3. The number of thiazole rings is 2. The molecule has 4 aromatic rings. The molecule has 6 N–H and O–H groups in total. The largest absolute Gasteiger partial charge is 0.477 e. The van der Waals surface area contributed by atoms with Crippen LogP contribution in [0.5, 0.6) is 10.4 Å². The third kappa shape index (κ3) is 9.14. The van der Waals surface area contributed by atoms with Crippen molar-refractivity contribution in [2.75, 3.05) is 14.2 Å². The van der Waals surface area contributed by atoms with E-state index >= 15 is 0 Å². The molecule has 0 saturated carbocycles. The molecule has 2 fully saturated rings. The van der Waals surface area contributed by atoms with Crippen LogP contribution < -0.4 is 20.5 Å². The van der Waals surface area contributed by atoms with E-state index < -0.39 is 22.1 Å². The van der Waals surface area contributed by atoms with Gasteiger partial charge < -0.3 is 35.6 Å². The highest BCUT2D eigenvalue weighted by atomic mass is 32.1. The smallest absolute Gasteiger partial charge is 0.352 e. The van der Waals surface area contributed by atoms with Gasteiger partial charge in [0.2, 0.25) is 0 Å². The molecule has 0 atom stereocenters. The highest BCUT2D eigenvalue weighted by molar-refractivity contribution is 7.20. The third-order valence-electron chi connectivity index (χ3n) is 8.21. The Kier molecular flexibility index (Phi) is 10.7. The van der Waals surface area contributed by atoms with Gasteiger partial charge in [0, 0.05) is 28.2 Å². The van der Waals surface area contributed by atoms with Crippen molar-refractivity contribution in [3.63, 3.8) is 0 Å². The number of amides is 1. The monoisotopic (exact) mass is 664 g/mol. The number of carbonyl (C=O) groups excluding carboxylic acids is 1. The maximum Gasteiger partial charge on any atom is 0.352 e. The van der Waals surface area contributed by atoms with Crippen LogP contribution in [0.25, 0.3) is 20.7 Å². The molecular formula is C28H44N6O5S2Si2. The lowest BCUT2D eigenvalue weighted by molar-refractivity contribution is 0.0691. The summed E-state index contributed by atoms with van der Waals surface area (Å²) in [6.45, 7) is 9.81. The number of carboxylic acid groups (broad SMARTS) is 1. The highest BCUT2D eigenvalue weighted by Gasteiger charge is 2.30. The molecule has 43 heavy (non-hydrogen) atoms. The Morgan fingerprint density at radius 1 is 0.860 bits per heavy atom. The summed E-state index contributed by atoms with van der Waals surface area (Å²) >= 11 is 2.70. The maximum atomic E-state index is 12.3. The lowest BCUT2D eigenvalue weighted by atomic mass is 10.1. The molecule has 1 amide bonds. The number of ether oxygens (including phenoxy) is 2. The topological polar surface area (TPSA) is 168 Å². The number of fused-ring (bicyclic) bond motifs is 2. The van der Waals surface area contributed by atoms with Crippen LogP contribution in [0.15, 0.2) is 12.1 Å². The number of H-pyrrole nitrogens is 2. The summed E-state index contributed by atoms with van der Waals surface area (Å²) in [5.41, 5.74) is 7.93. The second-order valence-electron chi connectivity index (χ2n) is 12.9. The number of aromatic carboxylic acids is 1. The van der Waals surface area contributed by atoms with Crippen molar-refractivity contribution >= 4 is 71.4 Å². The molecule has 2 aliphatic rings. The van der Waals surface area contributed by atoms with Crippen molar-refractivity contribution in [3.05, 3.63) is 23.5 Å². The minimum atomic E-state index is -0.982. The van der Waals surface area contributed by atoms with Gasteiger partial charge in [-0.25, -0.2) is 14.8 Å². The van der Waals surface area contributed by atoms with Crippen molar-refractivity contribution in [1.82, 2.24) is 25.3 Å². The predicted octanol–water partition coefficient (Wildman–Crippen LogP) is 6.38. The molecular weight excluding hydrogens is 621 g/mol. The first-order chi connectivity index (χ1) is 20.3. The quantitative estimate of drug-likeness (QED) is 0.153. The molecule has 15 heteroatoms. The van der Waals surface area contributed by atoms with Crippen LogP contribution in [-0.4, -0.2) is 79.4 Å². The molecule has 0 unspecified atom stereocenters. The molecule has 0 bridgehead atoms. The van der Waals surface area contributed by atoms with Crippen LogP contribution in [0, 0.1) is 0 Å². The van der Waals surface area contributed by atoms with Gasteiger partial charge in [0.25, 0.3) is 16.3 Å². The van der Waals surface area contributed by atoms with E-state index in [4.69, 9.17) is 20.3 Å². The molecule has 236 valence electrons. The number of carboxylic acids is 1. The zero-order valence-corrected chi connectivity index (χ0v) is 29.5. The van der Waals surface area contributed by atoms with Crippen molar-refractivity contribution < 1.29 is 24.2 Å². The molecule has 0 aliphatic carbocycles. The second kappa shape index (κ2) is 13.9. The molecule has 2 aliphatic heterocycles. The number of methoxy groups -OCH3 is 2. The van der Waals surface area contributed by atoms with Gasteiger partial charge in [-0.3, -0.25) is 4.79 Å². The Bertz CT molecular complexity index is 1460. The predicted molar refractivity (Wildman–Crippen MR) is 180 cm³/mol. The van der Waals surface area contributed by atoms with Crippen molar-refractivity contribution in [2.45, 2.75) is 88.1 Å². The minimum absolute atomic E-state index is 0.0226. The van der Waals surface area contributed by atoms with E-state index in [0.717, 1.165) is 23.2 Å². The number of rotatable bonds is 5. The van der Waals surface area contributed by atoms with E-state index in [-0.39, 0.29) is 11.6 Å². The van der Waals surface area contributed by atoms with Crippen molar-refractivity contribution in [1.29, 1.82) is 0 Å². The number of carbonyl (C=O) groups is 2. The normalized spacial score (nSPS) is 18.3. The first-order valence-electron chi connectivity index (χ1n) is 14.6. The van der Waals surface area contributed by atoms with Crippen LogP contribution in [0.2, 0.25) is 50.4 Å².